The SMILES string of the molecule is Cc1noc(N2C3CCC2CC(N2CCC(C(N)=O)CC2C2(C)CCC2)C3)n1. The van der Waals surface area contributed by atoms with E-state index >= 15 is 0 Å². The highest BCUT2D eigenvalue weighted by molar-refractivity contribution is 5.76. The molecule has 1 saturated carbocycles. The number of aromatic nitrogens is 2. The molecule has 1 aliphatic carbocycles. The fourth-order valence-corrected chi connectivity index (χ4v) is 6.55. The molecule has 2 N–H and O–H groups in total. The molecule has 5 rings (SSSR count). The molecule has 0 spiro atoms. The van der Waals surface area contributed by atoms with Crippen molar-refractivity contribution in [1.29, 1.82) is 0 Å². The van der Waals surface area contributed by atoms with Gasteiger partial charge in [0.2, 0.25) is 5.91 Å². The first-order chi connectivity index (χ1) is 13.4. The normalized spacial score (nSPS) is 37.6. The second-order valence-corrected chi connectivity index (χ2v) is 9.93. The van der Waals surface area contributed by atoms with E-state index in [2.05, 4.69) is 26.9 Å². The molecule has 7 heteroatoms. The topological polar surface area (TPSA) is 88.5 Å². The first-order valence-electron chi connectivity index (χ1n) is 11.1. The maximum atomic E-state index is 11.9. The third kappa shape index (κ3) is 2.93. The monoisotopic (exact) mass is 387 g/mol. The maximum Gasteiger partial charge on any atom is 0.324 e. The third-order valence-corrected chi connectivity index (χ3v) is 8.26. The highest BCUT2D eigenvalue weighted by Gasteiger charge is 2.51. The van der Waals surface area contributed by atoms with Gasteiger partial charge in [0.1, 0.15) is 0 Å². The van der Waals surface area contributed by atoms with E-state index in [1.54, 1.807) is 0 Å². The lowest BCUT2D eigenvalue weighted by Crippen LogP contribution is -2.61. The van der Waals surface area contributed by atoms with Crippen LogP contribution in [0.4, 0.5) is 6.01 Å². The summed E-state index contributed by atoms with van der Waals surface area (Å²) in [5, 5.41) is 4.00. The Hall–Kier alpha value is -1.63. The summed E-state index contributed by atoms with van der Waals surface area (Å²) < 4.78 is 5.51. The van der Waals surface area contributed by atoms with Crippen molar-refractivity contribution in [2.24, 2.45) is 17.1 Å². The van der Waals surface area contributed by atoms with E-state index in [4.69, 9.17) is 10.3 Å². The van der Waals surface area contributed by atoms with E-state index < -0.39 is 0 Å². The molecule has 4 fully saturated rings. The number of fused-ring (bicyclic) bond motifs is 2. The van der Waals surface area contributed by atoms with Crippen LogP contribution in [-0.4, -0.2) is 51.7 Å². The average molecular weight is 388 g/mol. The molecule has 4 unspecified atom stereocenters. The van der Waals surface area contributed by atoms with E-state index in [9.17, 15) is 4.79 Å². The smallest absolute Gasteiger partial charge is 0.324 e. The highest BCUT2D eigenvalue weighted by Crippen LogP contribution is 2.51. The van der Waals surface area contributed by atoms with Crippen molar-refractivity contribution in [3.05, 3.63) is 5.82 Å². The number of anilines is 1. The Kier molecular flexibility index (Phi) is 4.41. The van der Waals surface area contributed by atoms with Crippen molar-refractivity contribution in [3.63, 3.8) is 0 Å². The fraction of sp³-hybridized carbons (Fsp3) is 0.857. The lowest BCUT2D eigenvalue weighted by Gasteiger charge is -2.56. The van der Waals surface area contributed by atoms with Crippen molar-refractivity contribution in [1.82, 2.24) is 15.0 Å². The number of piperidine rings is 2. The lowest BCUT2D eigenvalue weighted by molar-refractivity contribution is -0.127. The van der Waals surface area contributed by atoms with Gasteiger partial charge in [-0.2, -0.15) is 4.98 Å². The first kappa shape index (κ1) is 18.4. The summed E-state index contributed by atoms with van der Waals surface area (Å²) in [6.45, 7) is 5.33. The zero-order chi connectivity index (χ0) is 19.5. The Labute approximate surface area is 167 Å². The number of nitrogens with zero attached hydrogens (tertiary/aromatic N) is 4. The molecule has 4 atom stereocenters. The molecule has 1 aromatic heterocycles. The summed E-state index contributed by atoms with van der Waals surface area (Å²) in [6.07, 6.45) is 10.5. The minimum Gasteiger partial charge on any atom is -0.369 e. The van der Waals surface area contributed by atoms with Crippen molar-refractivity contribution in [2.75, 3.05) is 11.4 Å². The molecule has 2 bridgehead atoms. The van der Waals surface area contributed by atoms with E-state index in [1.165, 1.54) is 32.1 Å². The van der Waals surface area contributed by atoms with Crippen LogP contribution in [0.3, 0.4) is 0 Å². The van der Waals surface area contributed by atoms with Gasteiger partial charge in [-0.25, -0.2) is 0 Å². The average Bonchev–Trinajstić information content (AvgIpc) is 3.18. The highest BCUT2D eigenvalue weighted by atomic mass is 16.5. The maximum absolute atomic E-state index is 11.9. The molecular weight excluding hydrogens is 354 g/mol. The number of hydrogen-bond acceptors (Lipinski definition) is 6. The Bertz CT molecular complexity index is 731. The molecule has 28 heavy (non-hydrogen) atoms. The van der Waals surface area contributed by atoms with Crippen LogP contribution >= 0.6 is 0 Å². The Morgan fingerprint density at radius 1 is 1.14 bits per heavy atom. The molecule has 3 aliphatic heterocycles. The van der Waals surface area contributed by atoms with Gasteiger partial charge in [-0.05, 0) is 70.3 Å². The minimum atomic E-state index is -0.103. The minimum absolute atomic E-state index is 0.0526. The van der Waals surface area contributed by atoms with Crippen molar-refractivity contribution >= 4 is 11.9 Å². The molecule has 4 heterocycles. The van der Waals surface area contributed by atoms with E-state index in [0.717, 1.165) is 32.2 Å². The Morgan fingerprint density at radius 2 is 1.86 bits per heavy atom. The molecule has 1 amide bonds. The van der Waals surface area contributed by atoms with Gasteiger partial charge in [-0.3, -0.25) is 9.69 Å². The summed E-state index contributed by atoms with van der Waals surface area (Å²) in [5.41, 5.74) is 6.06. The molecule has 7 nitrogen and oxygen atoms in total. The van der Waals surface area contributed by atoms with Crippen LogP contribution < -0.4 is 10.6 Å². The zero-order valence-electron chi connectivity index (χ0n) is 17.1. The van der Waals surface area contributed by atoms with Gasteiger partial charge in [0.05, 0.1) is 0 Å². The van der Waals surface area contributed by atoms with Crippen LogP contribution in [0.1, 0.15) is 70.5 Å². The molecular formula is C21H33N5O2. The number of aryl methyl sites for hydroxylation is 1. The van der Waals surface area contributed by atoms with Gasteiger partial charge in [0.25, 0.3) is 0 Å². The van der Waals surface area contributed by atoms with E-state index in [1.807, 2.05) is 6.92 Å². The van der Waals surface area contributed by atoms with Crippen LogP contribution in [-0.2, 0) is 4.79 Å². The predicted octanol–water partition coefficient (Wildman–Crippen LogP) is 2.63. The van der Waals surface area contributed by atoms with Gasteiger partial charge in [0.15, 0.2) is 5.82 Å². The number of hydrogen-bond donors (Lipinski definition) is 1. The Balaban J connectivity index is 1.35. The van der Waals surface area contributed by atoms with Crippen molar-refractivity contribution in [2.45, 2.75) is 95.8 Å². The number of amides is 1. The fourth-order valence-electron chi connectivity index (χ4n) is 6.55. The molecule has 4 aliphatic rings. The van der Waals surface area contributed by atoms with Gasteiger partial charge < -0.3 is 15.2 Å². The third-order valence-electron chi connectivity index (χ3n) is 8.26. The number of nitrogens with two attached hydrogens (primary N) is 1. The number of carbonyl (C=O) groups excluding carboxylic acids is 1. The standard InChI is InChI=1S/C21H33N5O2/c1-13-23-20(28-24-13)26-15-4-5-16(26)12-17(11-15)25-9-6-14(19(22)27)10-18(25)21(2)7-3-8-21/h14-18H,3-12H2,1-2H3,(H2,22,27). The van der Waals surface area contributed by atoms with Gasteiger partial charge in [0, 0.05) is 30.1 Å². The largest absolute Gasteiger partial charge is 0.369 e. The van der Waals surface area contributed by atoms with E-state index in [0.29, 0.717) is 41.4 Å². The van der Waals surface area contributed by atoms with Gasteiger partial charge >= 0.3 is 6.01 Å². The molecule has 1 aromatic rings. The van der Waals surface area contributed by atoms with Crippen LogP contribution in [0.25, 0.3) is 0 Å². The number of carbonyl (C=O) groups is 1. The second kappa shape index (κ2) is 6.71. The summed E-state index contributed by atoms with van der Waals surface area (Å²) in [7, 11) is 0. The van der Waals surface area contributed by atoms with Crippen LogP contribution in [0.2, 0.25) is 0 Å². The summed E-state index contributed by atoms with van der Waals surface area (Å²) in [6, 6.07) is 2.78. The molecule has 0 aromatic carbocycles. The van der Waals surface area contributed by atoms with Crippen LogP contribution in [0, 0.1) is 18.3 Å². The van der Waals surface area contributed by atoms with E-state index in [-0.39, 0.29) is 11.8 Å². The summed E-state index contributed by atoms with van der Waals surface area (Å²) in [4.78, 5) is 21.6. The molecule has 3 saturated heterocycles. The van der Waals surface area contributed by atoms with Gasteiger partial charge in [-0.15, -0.1) is 0 Å². The number of rotatable bonds is 4. The van der Waals surface area contributed by atoms with Crippen molar-refractivity contribution < 1.29 is 9.32 Å². The summed E-state index contributed by atoms with van der Waals surface area (Å²) >= 11 is 0. The molecule has 0 radical (unpaired) electrons. The zero-order valence-corrected chi connectivity index (χ0v) is 17.1. The number of primary amides is 1. The van der Waals surface area contributed by atoms with Crippen LogP contribution in [0.5, 0.6) is 0 Å². The lowest BCUT2D eigenvalue weighted by atomic mass is 9.61. The number of likely N-dealkylation sites (tertiary alicyclic amines) is 1. The summed E-state index contributed by atoms with van der Waals surface area (Å²) in [5.74, 6) is 0.661. The van der Waals surface area contributed by atoms with Crippen LogP contribution in [0.15, 0.2) is 4.52 Å². The molecule has 154 valence electrons. The second-order valence-electron chi connectivity index (χ2n) is 9.93. The first-order valence-corrected chi connectivity index (χ1v) is 11.1. The Morgan fingerprint density at radius 3 is 2.39 bits per heavy atom. The van der Waals surface area contributed by atoms with Gasteiger partial charge in [-0.1, -0.05) is 18.5 Å². The van der Waals surface area contributed by atoms with Crippen molar-refractivity contribution in [3.8, 4) is 0 Å². The quantitative estimate of drug-likeness (QED) is 0.854. The predicted molar refractivity (Wildman–Crippen MR) is 106 cm³/mol.